The molecule has 1 N–H and O–H groups in total. The Hall–Kier alpha value is -0.840. The van der Waals surface area contributed by atoms with E-state index in [2.05, 4.69) is 55.3 Å². The molecule has 2 rings (SSSR count). The number of rotatable bonds is 7. The maximum Gasteiger partial charge on any atom is 0.0797 e. The SMILES string of the molecule is Cc1ncsc1CCSc1cccc(CNC(C)C)c1. The normalized spacial score (nSPS) is 11.2. The number of thiazole rings is 1. The van der Waals surface area contributed by atoms with Crippen LogP contribution in [-0.2, 0) is 13.0 Å². The van der Waals surface area contributed by atoms with Crippen LogP contribution in [0.25, 0.3) is 0 Å². The molecular formula is C16H22N2S2. The third-order valence-electron chi connectivity index (χ3n) is 3.06. The fraction of sp³-hybridized carbons (Fsp3) is 0.438. The summed E-state index contributed by atoms with van der Waals surface area (Å²) < 4.78 is 0. The fourth-order valence-corrected chi connectivity index (χ4v) is 3.76. The first kappa shape index (κ1) is 15.5. The molecule has 4 heteroatoms. The Kier molecular flexibility index (Phi) is 6.07. The molecule has 1 heterocycles. The quantitative estimate of drug-likeness (QED) is 0.773. The lowest BCUT2D eigenvalue weighted by molar-refractivity contribution is 0.588. The Morgan fingerprint density at radius 1 is 1.35 bits per heavy atom. The van der Waals surface area contributed by atoms with Crippen molar-refractivity contribution < 1.29 is 0 Å². The monoisotopic (exact) mass is 306 g/mol. The van der Waals surface area contributed by atoms with Crippen LogP contribution >= 0.6 is 23.1 Å². The van der Waals surface area contributed by atoms with Gasteiger partial charge in [0.1, 0.15) is 0 Å². The van der Waals surface area contributed by atoms with E-state index in [1.165, 1.54) is 21.0 Å². The number of nitrogens with one attached hydrogen (secondary N) is 1. The van der Waals surface area contributed by atoms with Crippen LogP contribution in [-0.4, -0.2) is 16.8 Å². The first-order valence-electron chi connectivity index (χ1n) is 6.99. The molecule has 1 aromatic heterocycles. The van der Waals surface area contributed by atoms with E-state index in [1.807, 2.05) is 17.3 Å². The minimum Gasteiger partial charge on any atom is -0.310 e. The molecule has 1 aromatic carbocycles. The molecule has 0 amide bonds. The molecule has 0 aliphatic carbocycles. The van der Waals surface area contributed by atoms with Crippen molar-refractivity contribution in [2.45, 2.75) is 44.7 Å². The smallest absolute Gasteiger partial charge is 0.0797 e. The molecule has 0 bridgehead atoms. The van der Waals surface area contributed by atoms with Gasteiger partial charge in [-0.1, -0.05) is 26.0 Å². The molecule has 0 saturated carbocycles. The highest BCUT2D eigenvalue weighted by Crippen LogP contribution is 2.22. The van der Waals surface area contributed by atoms with Crippen molar-refractivity contribution in [3.63, 3.8) is 0 Å². The molecule has 108 valence electrons. The summed E-state index contributed by atoms with van der Waals surface area (Å²) >= 11 is 3.69. The Morgan fingerprint density at radius 3 is 2.90 bits per heavy atom. The van der Waals surface area contributed by atoms with Gasteiger partial charge in [0, 0.05) is 28.1 Å². The van der Waals surface area contributed by atoms with Crippen LogP contribution < -0.4 is 5.32 Å². The Bertz CT molecular complexity index is 535. The summed E-state index contributed by atoms with van der Waals surface area (Å²) in [5.41, 5.74) is 4.48. The van der Waals surface area contributed by atoms with E-state index in [0.29, 0.717) is 6.04 Å². The highest BCUT2D eigenvalue weighted by atomic mass is 32.2. The Balaban J connectivity index is 1.83. The highest BCUT2D eigenvalue weighted by molar-refractivity contribution is 7.99. The zero-order valence-electron chi connectivity index (χ0n) is 12.3. The minimum atomic E-state index is 0.528. The largest absolute Gasteiger partial charge is 0.310 e. The average Bonchev–Trinajstić information content (AvgIpc) is 2.83. The molecule has 0 fully saturated rings. The van der Waals surface area contributed by atoms with Crippen LogP contribution in [0.15, 0.2) is 34.7 Å². The third-order valence-corrected chi connectivity index (χ3v) is 5.05. The van der Waals surface area contributed by atoms with Gasteiger partial charge in [0.25, 0.3) is 0 Å². The van der Waals surface area contributed by atoms with Gasteiger partial charge in [-0.15, -0.1) is 23.1 Å². The minimum absolute atomic E-state index is 0.528. The number of aryl methyl sites for hydroxylation is 2. The average molecular weight is 307 g/mol. The molecule has 0 unspecified atom stereocenters. The van der Waals surface area contributed by atoms with E-state index < -0.39 is 0 Å². The van der Waals surface area contributed by atoms with E-state index in [9.17, 15) is 0 Å². The van der Waals surface area contributed by atoms with Crippen molar-refractivity contribution in [2.24, 2.45) is 0 Å². The number of hydrogen-bond acceptors (Lipinski definition) is 4. The zero-order valence-corrected chi connectivity index (χ0v) is 14.0. The molecule has 20 heavy (non-hydrogen) atoms. The van der Waals surface area contributed by atoms with Gasteiger partial charge in [0.2, 0.25) is 0 Å². The van der Waals surface area contributed by atoms with Gasteiger partial charge < -0.3 is 5.32 Å². The summed E-state index contributed by atoms with van der Waals surface area (Å²) in [4.78, 5) is 7.07. The second-order valence-corrected chi connectivity index (χ2v) is 7.25. The number of nitrogens with zero attached hydrogens (tertiary/aromatic N) is 1. The molecule has 0 aliphatic heterocycles. The van der Waals surface area contributed by atoms with Crippen molar-refractivity contribution in [3.8, 4) is 0 Å². The summed E-state index contributed by atoms with van der Waals surface area (Å²) in [5.74, 6) is 1.12. The lowest BCUT2D eigenvalue weighted by Gasteiger charge is -2.09. The number of aromatic nitrogens is 1. The van der Waals surface area contributed by atoms with E-state index >= 15 is 0 Å². The molecule has 0 atom stereocenters. The van der Waals surface area contributed by atoms with Gasteiger partial charge in [0.05, 0.1) is 11.2 Å². The summed E-state index contributed by atoms with van der Waals surface area (Å²) in [6.07, 6.45) is 1.11. The van der Waals surface area contributed by atoms with Crippen molar-refractivity contribution in [3.05, 3.63) is 45.9 Å². The van der Waals surface area contributed by atoms with Gasteiger partial charge in [-0.3, -0.25) is 0 Å². The molecule has 0 radical (unpaired) electrons. The standard InChI is InChI=1S/C16H22N2S2/c1-12(2)17-10-14-5-4-6-15(9-14)19-8-7-16-13(3)18-11-20-16/h4-6,9,11-12,17H,7-8,10H2,1-3H3. The topological polar surface area (TPSA) is 24.9 Å². The van der Waals surface area contributed by atoms with Crippen LogP contribution in [0.5, 0.6) is 0 Å². The Morgan fingerprint density at radius 2 is 2.20 bits per heavy atom. The predicted molar refractivity (Wildman–Crippen MR) is 89.7 cm³/mol. The second-order valence-electron chi connectivity index (χ2n) is 5.14. The van der Waals surface area contributed by atoms with Crippen LogP contribution in [0.3, 0.4) is 0 Å². The van der Waals surface area contributed by atoms with Crippen molar-refractivity contribution in [1.82, 2.24) is 10.3 Å². The van der Waals surface area contributed by atoms with Crippen LogP contribution in [0.4, 0.5) is 0 Å². The first-order chi connectivity index (χ1) is 9.65. The molecule has 2 aromatic rings. The lowest BCUT2D eigenvalue weighted by Crippen LogP contribution is -2.21. The second kappa shape index (κ2) is 7.81. The lowest BCUT2D eigenvalue weighted by atomic mass is 10.2. The number of thioether (sulfide) groups is 1. The van der Waals surface area contributed by atoms with Gasteiger partial charge in [0.15, 0.2) is 0 Å². The molecule has 0 aliphatic rings. The molecule has 0 spiro atoms. The number of benzene rings is 1. The van der Waals surface area contributed by atoms with E-state index in [0.717, 1.165) is 18.7 Å². The van der Waals surface area contributed by atoms with Gasteiger partial charge in [-0.05, 0) is 31.0 Å². The van der Waals surface area contributed by atoms with Crippen molar-refractivity contribution in [1.29, 1.82) is 0 Å². The van der Waals surface area contributed by atoms with Crippen LogP contribution in [0, 0.1) is 6.92 Å². The van der Waals surface area contributed by atoms with Gasteiger partial charge in [-0.25, -0.2) is 4.98 Å². The summed E-state index contributed by atoms with van der Waals surface area (Å²) in [6, 6.07) is 9.35. The molecule has 2 nitrogen and oxygen atoms in total. The van der Waals surface area contributed by atoms with E-state index in [-0.39, 0.29) is 0 Å². The van der Waals surface area contributed by atoms with Crippen molar-refractivity contribution >= 4 is 23.1 Å². The number of hydrogen-bond donors (Lipinski definition) is 1. The molecular weight excluding hydrogens is 284 g/mol. The third kappa shape index (κ3) is 4.93. The van der Waals surface area contributed by atoms with E-state index in [4.69, 9.17) is 0 Å². The van der Waals surface area contributed by atoms with Crippen LogP contribution in [0.1, 0.15) is 30.0 Å². The van der Waals surface area contributed by atoms with Crippen molar-refractivity contribution in [2.75, 3.05) is 5.75 Å². The van der Waals surface area contributed by atoms with Crippen LogP contribution in [0.2, 0.25) is 0 Å². The maximum absolute atomic E-state index is 4.30. The molecule has 0 saturated heterocycles. The van der Waals surface area contributed by atoms with E-state index in [1.54, 1.807) is 11.3 Å². The predicted octanol–water partition coefficient (Wildman–Crippen LogP) is 4.28. The first-order valence-corrected chi connectivity index (χ1v) is 8.86. The summed E-state index contributed by atoms with van der Waals surface area (Å²) in [6.45, 7) is 7.39. The zero-order chi connectivity index (χ0) is 14.4. The van der Waals surface area contributed by atoms with Gasteiger partial charge >= 0.3 is 0 Å². The highest BCUT2D eigenvalue weighted by Gasteiger charge is 2.03. The fourth-order valence-electron chi connectivity index (χ4n) is 1.89. The summed E-state index contributed by atoms with van der Waals surface area (Å²) in [7, 11) is 0. The summed E-state index contributed by atoms with van der Waals surface area (Å²) in [5, 5.41) is 3.46. The van der Waals surface area contributed by atoms with Gasteiger partial charge in [-0.2, -0.15) is 0 Å². The Labute approximate surface area is 130 Å². The maximum atomic E-state index is 4.30.